The van der Waals surface area contributed by atoms with Gasteiger partial charge in [-0.2, -0.15) is 0 Å². The van der Waals surface area contributed by atoms with Gasteiger partial charge in [0.1, 0.15) is 0 Å². The van der Waals surface area contributed by atoms with Crippen LogP contribution in [0.15, 0.2) is 42.0 Å². The molecule has 1 heterocycles. The van der Waals surface area contributed by atoms with E-state index in [4.69, 9.17) is 0 Å². The molecular weight excluding hydrogens is 184 g/mol. The van der Waals surface area contributed by atoms with Crippen LogP contribution in [0.2, 0.25) is 0 Å². The molecule has 0 aliphatic rings. The number of hydrogen-bond acceptors (Lipinski definition) is 2. The van der Waals surface area contributed by atoms with Crippen LogP contribution in [0.25, 0.3) is 17.0 Å². The summed E-state index contributed by atoms with van der Waals surface area (Å²) in [5.41, 5.74) is 3.08. The number of hydrogen-bond donors (Lipinski definition) is 0. The van der Waals surface area contributed by atoms with Crippen LogP contribution in [0, 0.1) is 0 Å². The molecule has 0 saturated carbocycles. The second-order valence-corrected chi connectivity index (χ2v) is 3.24. The van der Waals surface area contributed by atoms with Gasteiger partial charge in [0.2, 0.25) is 0 Å². The van der Waals surface area contributed by atoms with Crippen LogP contribution in [0.3, 0.4) is 0 Å². The fourth-order valence-electron chi connectivity index (χ4n) is 1.61. The second kappa shape index (κ2) is 4.05. The van der Waals surface area contributed by atoms with Crippen LogP contribution in [0.4, 0.5) is 0 Å². The fourth-order valence-corrected chi connectivity index (χ4v) is 1.61. The van der Waals surface area contributed by atoms with Gasteiger partial charge < -0.3 is 0 Å². The van der Waals surface area contributed by atoms with Crippen LogP contribution >= 0.6 is 0 Å². The molecule has 1 aromatic carbocycles. The largest absolute Gasteiger partial charge is 0.296 e. The van der Waals surface area contributed by atoms with E-state index in [9.17, 15) is 0 Å². The summed E-state index contributed by atoms with van der Waals surface area (Å²) >= 11 is 0. The highest BCUT2D eigenvalue weighted by atomic mass is 14.7. The first-order valence-corrected chi connectivity index (χ1v) is 4.79. The molecule has 74 valence electrons. The van der Waals surface area contributed by atoms with Crippen molar-refractivity contribution in [3.8, 4) is 0 Å². The maximum absolute atomic E-state index is 4.36. The average molecular weight is 196 g/mol. The van der Waals surface area contributed by atoms with Gasteiger partial charge in [0.25, 0.3) is 0 Å². The van der Waals surface area contributed by atoms with Gasteiger partial charge in [-0.25, -0.2) is 0 Å². The highest BCUT2D eigenvalue weighted by Crippen LogP contribution is 2.19. The number of aromatic nitrogens is 1. The lowest BCUT2D eigenvalue weighted by atomic mass is 10.0. The molecule has 0 spiro atoms. The molecule has 2 nitrogen and oxygen atoms in total. The van der Waals surface area contributed by atoms with Crippen molar-refractivity contribution in [2.45, 2.75) is 0 Å². The van der Waals surface area contributed by atoms with E-state index in [0.29, 0.717) is 0 Å². The first kappa shape index (κ1) is 9.59. The van der Waals surface area contributed by atoms with Gasteiger partial charge in [-0.05, 0) is 6.07 Å². The number of nitrogens with zero attached hydrogens (tertiary/aromatic N) is 2. The number of aliphatic imine (C=N–C) groups is 1. The molecule has 0 aliphatic heterocycles. The zero-order chi connectivity index (χ0) is 10.7. The van der Waals surface area contributed by atoms with E-state index in [-0.39, 0.29) is 0 Å². The molecule has 2 rings (SSSR count). The highest BCUT2D eigenvalue weighted by molar-refractivity contribution is 6.01. The number of para-hydroxylation sites is 1. The van der Waals surface area contributed by atoms with Crippen molar-refractivity contribution in [1.29, 1.82) is 0 Å². The summed E-state index contributed by atoms with van der Waals surface area (Å²) in [5.74, 6) is 0. The van der Waals surface area contributed by atoms with Gasteiger partial charge in [-0.1, -0.05) is 30.9 Å². The van der Waals surface area contributed by atoms with Crippen molar-refractivity contribution in [2.24, 2.45) is 4.99 Å². The summed E-state index contributed by atoms with van der Waals surface area (Å²) < 4.78 is 0. The first-order chi connectivity index (χ1) is 7.36. The molecule has 1 aromatic heterocycles. The lowest BCUT2D eigenvalue weighted by Crippen LogP contribution is -1.91. The molecule has 0 radical (unpaired) electrons. The summed E-state index contributed by atoms with van der Waals surface area (Å²) in [5, 5.41) is 1.11. The van der Waals surface area contributed by atoms with Gasteiger partial charge in [-0.15, -0.1) is 0 Å². The van der Waals surface area contributed by atoms with E-state index in [1.165, 1.54) is 0 Å². The maximum Gasteiger partial charge on any atom is 0.0709 e. The van der Waals surface area contributed by atoms with Gasteiger partial charge >= 0.3 is 0 Å². The summed E-state index contributed by atoms with van der Waals surface area (Å²) in [6, 6.07) is 8.03. The van der Waals surface area contributed by atoms with Crippen molar-refractivity contribution < 1.29 is 0 Å². The van der Waals surface area contributed by atoms with Crippen molar-refractivity contribution in [2.75, 3.05) is 7.05 Å². The molecule has 15 heavy (non-hydrogen) atoms. The monoisotopic (exact) mass is 196 g/mol. The zero-order valence-corrected chi connectivity index (χ0v) is 8.64. The third-order valence-corrected chi connectivity index (χ3v) is 2.33. The molecule has 0 saturated heterocycles. The van der Waals surface area contributed by atoms with E-state index < -0.39 is 0 Å². The normalized spacial score (nSPS) is 11.0. The summed E-state index contributed by atoms with van der Waals surface area (Å²) in [7, 11) is 1.77. The average Bonchev–Trinajstić information content (AvgIpc) is 2.30. The Morgan fingerprint density at radius 2 is 2.13 bits per heavy atom. The maximum atomic E-state index is 4.36. The van der Waals surface area contributed by atoms with Gasteiger partial charge in [0, 0.05) is 36.0 Å². The predicted molar refractivity (Wildman–Crippen MR) is 65.4 cm³/mol. The minimum atomic E-state index is 0.984. The molecule has 0 N–H and O–H groups in total. The molecule has 0 fully saturated rings. The molecule has 2 heteroatoms. The van der Waals surface area contributed by atoms with Crippen molar-refractivity contribution in [3.63, 3.8) is 0 Å². The van der Waals surface area contributed by atoms with Crippen LogP contribution in [-0.4, -0.2) is 18.2 Å². The Morgan fingerprint density at radius 3 is 2.87 bits per heavy atom. The van der Waals surface area contributed by atoms with E-state index in [1.807, 2.05) is 36.7 Å². The van der Waals surface area contributed by atoms with Crippen LogP contribution < -0.4 is 0 Å². The summed E-state index contributed by atoms with van der Waals surface area (Å²) in [4.78, 5) is 8.43. The molecular formula is C13H12N2. The Hall–Kier alpha value is -1.96. The molecule has 2 aromatic rings. The lowest BCUT2D eigenvalue weighted by Gasteiger charge is -2.04. The van der Waals surface area contributed by atoms with Crippen molar-refractivity contribution in [1.82, 2.24) is 4.98 Å². The Bertz CT molecular complexity index is 527. The van der Waals surface area contributed by atoms with Crippen LogP contribution in [0.1, 0.15) is 11.1 Å². The third kappa shape index (κ3) is 1.66. The third-order valence-electron chi connectivity index (χ3n) is 2.33. The van der Waals surface area contributed by atoms with E-state index in [2.05, 4.69) is 16.6 Å². The number of benzene rings is 1. The Labute approximate surface area is 89.0 Å². The standard InChI is InChI=1S/C13H12N2/c1-3-10-8-15-13-7-5-4-6-11(13)12(10)9-14-2/h3-9H,1H2,2H3/b14-9-. The summed E-state index contributed by atoms with van der Waals surface area (Å²) in [6.45, 7) is 3.78. The van der Waals surface area contributed by atoms with Crippen LogP contribution in [-0.2, 0) is 0 Å². The van der Waals surface area contributed by atoms with Gasteiger partial charge in [0.15, 0.2) is 0 Å². The highest BCUT2D eigenvalue weighted by Gasteiger charge is 2.03. The Balaban J connectivity index is 2.84. The van der Waals surface area contributed by atoms with Crippen LogP contribution in [0.5, 0.6) is 0 Å². The molecule has 0 atom stereocenters. The van der Waals surface area contributed by atoms with Crippen molar-refractivity contribution in [3.05, 3.63) is 48.2 Å². The summed E-state index contributed by atoms with van der Waals surface area (Å²) in [6.07, 6.45) is 5.48. The Morgan fingerprint density at radius 1 is 1.33 bits per heavy atom. The first-order valence-electron chi connectivity index (χ1n) is 4.79. The van der Waals surface area contributed by atoms with Gasteiger partial charge in [-0.3, -0.25) is 9.98 Å². The quantitative estimate of drug-likeness (QED) is 0.678. The second-order valence-electron chi connectivity index (χ2n) is 3.24. The molecule has 0 aliphatic carbocycles. The van der Waals surface area contributed by atoms with Crippen molar-refractivity contribution >= 4 is 23.2 Å². The number of pyridine rings is 1. The predicted octanol–water partition coefficient (Wildman–Crippen LogP) is 2.93. The lowest BCUT2D eigenvalue weighted by molar-refractivity contribution is 1.38. The number of fused-ring (bicyclic) bond motifs is 1. The Kier molecular flexibility index (Phi) is 2.59. The topological polar surface area (TPSA) is 25.2 Å². The van der Waals surface area contributed by atoms with E-state index >= 15 is 0 Å². The smallest absolute Gasteiger partial charge is 0.0709 e. The SMILES string of the molecule is C=Cc1cnc2ccccc2c1/C=N\C. The van der Waals surface area contributed by atoms with E-state index in [1.54, 1.807) is 13.1 Å². The minimum Gasteiger partial charge on any atom is -0.296 e. The van der Waals surface area contributed by atoms with Gasteiger partial charge in [0.05, 0.1) is 5.52 Å². The minimum absolute atomic E-state index is 0.984. The zero-order valence-electron chi connectivity index (χ0n) is 8.64. The molecule has 0 amide bonds. The fraction of sp³-hybridized carbons (Fsp3) is 0.0769. The molecule has 0 bridgehead atoms. The number of rotatable bonds is 2. The molecule has 0 unspecified atom stereocenters. The van der Waals surface area contributed by atoms with E-state index in [0.717, 1.165) is 22.0 Å².